The van der Waals surface area contributed by atoms with E-state index >= 15 is 0 Å². The van der Waals surface area contributed by atoms with Gasteiger partial charge in [0.25, 0.3) is 0 Å². The molecule has 0 aliphatic heterocycles. The van der Waals surface area contributed by atoms with E-state index in [2.05, 4.69) is 6.92 Å². The predicted molar refractivity (Wildman–Crippen MR) is 62.8 cm³/mol. The Bertz CT molecular complexity index is 422. The molecule has 0 radical (unpaired) electrons. The van der Waals surface area contributed by atoms with Crippen LogP contribution in [0.4, 0.5) is 8.78 Å². The van der Waals surface area contributed by atoms with Crippen molar-refractivity contribution in [3.05, 3.63) is 34.4 Å². The number of aliphatic hydroxyl groups is 1. The second kappa shape index (κ2) is 4.91. The lowest BCUT2D eigenvalue weighted by Gasteiger charge is -2.23. The smallest absolute Gasteiger partial charge is 0.160 e. The van der Waals surface area contributed by atoms with Crippen LogP contribution in [-0.2, 0) is 0 Å². The van der Waals surface area contributed by atoms with Gasteiger partial charge in [-0.25, -0.2) is 8.78 Å². The molecule has 0 saturated heterocycles. The Morgan fingerprint density at radius 2 is 1.94 bits per heavy atom. The molecule has 4 heteroatoms. The van der Waals surface area contributed by atoms with E-state index in [1.165, 1.54) is 0 Å². The number of benzene rings is 1. The Labute approximate surface area is 104 Å². The van der Waals surface area contributed by atoms with Crippen molar-refractivity contribution < 1.29 is 13.9 Å². The third kappa shape index (κ3) is 2.45. The summed E-state index contributed by atoms with van der Waals surface area (Å²) in [6.07, 6.45) is 2.21. The first-order valence-electron chi connectivity index (χ1n) is 5.83. The molecular formula is C13H15ClF2O. The van der Waals surface area contributed by atoms with Gasteiger partial charge in [0.2, 0.25) is 0 Å². The summed E-state index contributed by atoms with van der Waals surface area (Å²) in [6, 6.07) is 1.93. The summed E-state index contributed by atoms with van der Waals surface area (Å²) in [4.78, 5) is 0. The quantitative estimate of drug-likeness (QED) is 0.794. The maximum atomic E-state index is 13.2. The summed E-state index contributed by atoms with van der Waals surface area (Å²) in [5.41, 5.74) is 0.296. The number of halogens is 3. The average molecular weight is 261 g/mol. The third-order valence-corrected chi connectivity index (χ3v) is 4.02. The Kier molecular flexibility index (Phi) is 3.69. The first-order chi connectivity index (χ1) is 8.00. The van der Waals surface area contributed by atoms with Crippen LogP contribution in [0.15, 0.2) is 12.1 Å². The minimum atomic E-state index is -0.981. The van der Waals surface area contributed by atoms with Crippen LogP contribution in [0.2, 0.25) is 5.02 Å². The summed E-state index contributed by atoms with van der Waals surface area (Å²) in [5, 5.41) is 10.3. The van der Waals surface area contributed by atoms with Crippen LogP contribution >= 0.6 is 11.6 Å². The van der Waals surface area contributed by atoms with Crippen LogP contribution in [0, 0.1) is 23.5 Å². The van der Waals surface area contributed by atoms with Crippen molar-refractivity contribution in [2.45, 2.75) is 32.3 Å². The number of rotatable bonds is 2. The molecule has 0 aromatic heterocycles. The molecule has 3 atom stereocenters. The van der Waals surface area contributed by atoms with Gasteiger partial charge in [-0.05, 0) is 30.4 Å². The zero-order chi connectivity index (χ0) is 12.6. The Balaban J connectivity index is 2.30. The normalized spacial score (nSPS) is 26.2. The molecule has 1 N–H and O–H groups in total. The van der Waals surface area contributed by atoms with Gasteiger partial charge in [0.1, 0.15) is 0 Å². The second-order valence-electron chi connectivity index (χ2n) is 4.80. The standard InChI is InChI=1S/C13H15ClF2O/c1-7-3-2-4-8(7)13(17)9-5-11(15)12(16)6-10(9)14/h5-8,13,17H,2-4H2,1H3. The van der Waals surface area contributed by atoms with Gasteiger partial charge in [-0.1, -0.05) is 31.4 Å². The summed E-state index contributed by atoms with van der Waals surface area (Å²) in [5.74, 6) is -1.48. The van der Waals surface area contributed by atoms with Gasteiger partial charge in [0, 0.05) is 10.6 Å². The molecule has 1 aromatic rings. The molecule has 1 nitrogen and oxygen atoms in total. The fourth-order valence-corrected chi connectivity index (χ4v) is 2.90. The van der Waals surface area contributed by atoms with Gasteiger partial charge in [-0.3, -0.25) is 0 Å². The minimum Gasteiger partial charge on any atom is -0.388 e. The van der Waals surface area contributed by atoms with E-state index in [0.717, 1.165) is 31.4 Å². The van der Waals surface area contributed by atoms with Gasteiger partial charge in [0.05, 0.1) is 6.10 Å². The lowest BCUT2D eigenvalue weighted by molar-refractivity contribution is 0.0897. The summed E-state index contributed by atoms with van der Waals surface area (Å²) in [7, 11) is 0. The first-order valence-corrected chi connectivity index (χ1v) is 6.21. The molecule has 0 amide bonds. The molecule has 1 aromatic carbocycles. The summed E-state index contributed by atoms with van der Waals surface area (Å²) >= 11 is 5.86. The summed E-state index contributed by atoms with van der Waals surface area (Å²) in [6.45, 7) is 2.06. The maximum absolute atomic E-state index is 13.2. The van der Waals surface area contributed by atoms with E-state index in [1.807, 2.05) is 0 Å². The van der Waals surface area contributed by atoms with Gasteiger partial charge in [-0.15, -0.1) is 0 Å². The highest BCUT2D eigenvalue weighted by molar-refractivity contribution is 6.31. The van der Waals surface area contributed by atoms with Crippen molar-refractivity contribution in [2.24, 2.45) is 11.8 Å². The van der Waals surface area contributed by atoms with Crippen molar-refractivity contribution in [3.63, 3.8) is 0 Å². The van der Waals surface area contributed by atoms with Crippen LogP contribution in [-0.4, -0.2) is 5.11 Å². The van der Waals surface area contributed by atoms with Crippen molar-refractivity contribution in [2.75, 3.05) is 0 Å². The molecule has 1 fully saturated rings. The van der Waals surface area contributed by atoms with Gasteiger partial charge in [-0.2, -0.15) is 0 Å². The highest BCUT2D eigenvalue weighted by atomic mass is 35.5. The molecule has 1 saturated carbocycles. The second-order valence-corrected chi connectivity index (χ2v) is 5.21. The van der Waals surface area contributed by atoms with Crippen LogP contribution in [0.5, 0.6) is 0 Å². The lowest BCUT2D eigenvalue weighted by atomic mass is 9.88. The fraction of sp³-hybridized carbons (Fsp3) is 0.538. The molecule has 2 rings (SSSR count). The van der Waals surface area contributed by atoms with E-state index in [-0.39, 0.29) is 10.9 Å². The molecule has 0 spiro atoms. The third-order valence-electron chi connectivity index (χ3n) is 3.69. The molecule has 1 aliphatic rings. The number of aliphatic hydroxyl groups excluding tert-OH is 1. The van der Waals surface area contributed by atoms with Crippen molar-refractivity contribution in [1.29, 1.82) is 0 Å². The van der Waals surface area contributed by atoms with Crippen molar-refractivity contribution >= 4 is 11.6 Å². The molecule has 0 bridgehead atoms. The van der Waals surface area contributed by atoms with E-state index in [9.17, 15) is 13.9 Å². The molecule has 94 valence electrons. The summed E-state index contributed by atoms with van der Waals surface area (Å²) < 4.78 is 26.1. The topological polar surface area (TPSA) is 20.2 Å². The zero-order valence-corrected chi connectivity index (χ0v) is 10.3. The Hall–Kier alpha value is -0.670. The molecule has 17 heavy (non-hydrogen) atoms. The van der Waals surface area contributed by atoms with Gasteiger partial charge >= 0.3 is 0 Å². The number of hydrogen-bond donors (Lipinski definition) is 1. The van der Waals surface area contributed by atoms with Crippen LogP contribution in [0.25, 0.3) is 0 Å². The van der Waals surface area contributed by atoms with E-state index in [0.29, 0.717) is 11.5 Å². The lowest BCUT2D eigenvalue weighted by Crippen LogP contribution is -2.16. The molecule has 3 unspecified atom stereocenters. The Morgan fingerprint density at radius 3 is 2.53 bits per heavy atom. The molecule has 1 aliphatic carbocycles. The zero-order valence-electron chi connectivity index (χ0n) is 9.59. The minimum absolute atomic E-state index is 0.0809. The Morgan fingerprint density at radius 1 is 1.29 bits per heavy atom. The van der Waals surface area contributed by atoms with Gasteiger partial charge in [0.15, 0.2) is 11.6 Å². The van der Waals surface area contributed by atoms with E-state index in [4.69, 9.17) is 11.6 Å². The monoisotopic (exact) mass is 260 g/mol. The van der Waals surface area contributed by atoms with E-state index in [1.54, 1.807) is 0 Å². The van der Waals surface area contributed by atoms with Crippen LogP contribution in [0.3, 0.4) is 0 Å². The maximum Gasteiger partial charge on any atom is 0.160 e. The van der Waals surface area contributed by atoms with Crippen LogP contribution < -0.4 is 0 Å². The van der Waals surface area contributed by atoms with Gasteiger partial charge < -0.3 is 5.11 Å². The number of hydrogen-bond acceptors (Lipinski definition) is 1. The first kappa shape index (κ1) is 12.8. The van der Waals surface area contributed by atoms with E-state index < -0.39 is 17.7 Å². The van der Waals surface area contributed by atoms with Crippen molar-refractivity contribution in [3.8, 4) is 0 Å². The molecule has 0 heterocycles. The largest absolute Gasteiger partial charge is 0.388 e. The highest BCUT2D eigenvalue weighted by Crippen LogP contribution is 2.41. The highest BCUT2D eigenvalue weighted by Gasteiger charge is 2.32. The predicted octanol–water partition coefficient (Wildman–Crippen LogP) is 4.09. The fourth-order valence-electron chi connectivity index (χ4n) is 2.64. The molecular weight excluding hydrogens is 246 g/mol. The van der Waals surface area contributed by atoms with Crippen molar-refractivity contribution in [1.82, 2.24) is 0 Å². The average Bonchev–Trinajstić information content (AvgIpc) is 2.69. The van der Waals surface area contributed by atoms with Crippen LogP contribution in [0.1, 0.15) is 37.9 Å². The SMILES string of the molecule is CC1CCCC1C(O)c1cc(F)c(F)cc1Cl.